The minimum Gasteiger partial charge on any atom is -0.423 e. The van der Waals surface area contributed by atoms with E-state index < -0.39 is 0 Å². The lowest BCUT2D eigenvalue weighted by molar-refractivity contribution is 0.286. The molecule has 3 heterocycles. The third-order valence-corrected chi connectivity index (χ3v) is 5.27. The van der Waals surface area contributed by atoms with E-state index >= 15 is 0 Å². The summed E-state index contributed by atoms with van der Waals surface area (Å²) in [6.45, 7) is 4.71. The number of halogens is 1. The van der Waals surface area contributed by atoms with Gasteiger partial charge in [-0.2, -0.15) is 4.98 Å². The van der Waals surface area contributed by atoms with Gasteiger partial charge in [0.1, 0.15) is 5.52 Å². The maximum atomic E-state index is 9.53. The zero-order chi connectivity index (χ0) is 16.7. The third-order valence-electron chi connectivity index (χ3n) is 4.23. The Morgan fingerprint density at radius 3 is 3.17 bits per heavy atom. The van der Waals surface area contributed by atoms with Crippen LogP contribution in [0.1, 0.15) is 11.8 Å². The Morgan fingerprint density at radius 1 is 1.50 bits per heavy atom. The van der Waals surface area contributed by atoms with Crippen LogP contribution in [0.4, 0.5) is 6.01 Å². The lowest BCUT2D eigenvalue weighted by atomic mass is 10.1. The molecule has 6 nitrogen and oxygen atoms in total. The number of aliphatic hydroxyl groups is 1. The van der Waals surface area contributed by atoms with E-state index in [1.807, 2.05) is 6.07 Å². The van der Waals surface area contributed by atoms with Crippen molar-refractivity contribution in [3.63, 3.8) is 0 Å². The van der Waals surface area contributed by atoms with Gasteiger partial charge < -0.3 is 19.7 Å². The molecule has 0 bridgehead atoms. The fourth-order valence-corrected chi connectivity index (χ4v) is 3.86. The highest BCUT2D eigenvalue weighted by Gasteiger charge is 2.24. The molecule has 1 aromatic carbocycles. The number of thiazole rings is 1. The summed E-state index contributed by atoms with van der Waals surface area (Å²) in [5, 5.41) is 13.5. The van der Waals surface area contributed by atoms with Crippen LogP contribution in [-0.2, 0) is 6.61 Å². The van der Waals surface area contributed by atoms with Gasteiger partial charge in [0.05, 0.1) is 22.7 Å². The van der Waals surface area contributed by atoms with Crippen molar-refractivity contribution in [3.8, 4) is 11.3 Å². The first-order valence-corrected chi connectivity index (χ1v) is 9.04. The van der Waals surface area contributed by atoms with Crippen molar-refractivity contribution >= 4 is 40.1 Å². The number of aliphatic hydroxyl groups excluding tert-OH is 1. The van der Waals surface area contributed by atoms with E-state index in [4.69, 9.17) is 16.0 Å². The van der Waals surface area contributed by atoms with Gasteiger partial charge in [-0.3, -0.25) is 0 Å². The molecule has 4 rings (SSSR count). The van der Waals surface area contributed by atoms with Gasteiger partial charge in [0.2, 0.25) is 0 Å². The zero-order valence-corrected chi connectivity index (χ0v) is 14.7. The zero-order valence-electron chi connectivity index (χ0n) is 13.1. The molecule has 3 aromatic rings. The molecule has 0 spiro atoms. The number of nitrogens with one attached hydrogen (secondary N) is 1. The summed E-state index contributed by atoms with van der Waals surface area (Å²) in [6, 6.07) is 4.51. The average molecular weight is 365 g/mol. The summed E-state index contributed by atoms with van der Waals surface area (Å²) < 4.78 is 6.10. The molecule has 1 atom stereocenters. The van der Waals surface area contributed by atoms with Crippen molar-refractivity contribution in [3.05, 3.63) is 27.5 Å². The van der Waals surface area contributed by atoms with Crippen molar-refractivity contribution in [2.75, 3.05) is 24.5 Å². The number of piperazine rings is 1. The first kappa shape index (κ1) is 15.8. The van der Waals surface area contributed by atoms with Gasteiger partial charge in [-0.1, -0.05) is 11.6 Å². The van der Waals surface area contributed by atoms with Crippen molar-refractivity contribution in [2.24, 2.45) is 0 Å². The van der Waals surface area contributed by atoms with Crippen molar-refractivity contribution in [1.82, 2.24) is 15.3 Å². The number of hydrogen-bond donors (Lipinski definition) is 2. The molecule has 0 radical (unpaired) electrons. The van der Waals surface area contributed by atoms with Crippen LogP contribution in [-0.4, -0.2) is 40.8 Å². The summed E-state index contributed by atoms with van der Waals surface area (Å²) in [7, 11) is 0. The van der Waals surface area contributed by atoms with Crippen LogP contribution in [0, 0.1) is 0 Å². The van der Waals surface area contributed by atoms with Gasteiger partial charge in [-0.25, -0.2) is 4.98 Å². The Labute approximate surface area is 148 Å². The second-order valence-electron chi connectivity index (χ2n) is 5.83. The number of anilines is 1. The monoisotopic (exact) mass is 364 g/mol. The summed E-state index contributed by atoms with van der Waals surface area (Å²) in [6.07, 6.45) is 0. The molecule has 1 saturated heterocycles. The van der Waals surface area contributed by atoms with Gasteiger partial charge in [-0.15, -0.1) is 11.3 Å². The predicted octanol–water partition coefficient (Wildman–Crippen LogP) is 2.90. The fraction of sp³-hybridized carbons (Fsp3) is 0.375. The highest BCUT2D eigenvalue weighted by atomic mass is 35.5. The van der Waals surface area contributed by atoms with E-state index in [2.05, 4.69) is 27.1 Å². The van der Waals surface area contributed by atoms with Crippen LogP contribution in [0.3, 0.4) is 0 Å². The summed E-state index contributed by atoms with van der Waals surface area (Å²) >= 11 is 7.68. The molecule has 1 aliphatic heterocycles. The largest absolute Gasteiger partial charge is 0.423 e. The standard InChI is InChI=1S/C16H17ClN4O2S/c1-9-6-18-2-3-21(9)16-20-12-5-10(17)4-11(15(12)23-16)14-13(7-22)24-8-19-14/h4-5,8-9,18,22H,2-3,6-7H2,1H3/t9-/m0/s1. The first-order valence-electron chi connectivity index (χ1n) is 7.78. The molecule has 0 aliphatic carbocycles. The molecule has 2 aromatic heterocycles. The third kappa shape index (κ3) is 2.67. The molecule has 0 saturated carbocycles. The van der Waals surface area contributed by atoms with Crippen LogP contribution in [0.5, 0.6) is 0 Å². The van der Waals surface area contributed by atoms with E-state index in [-0.39, 0.29) is 6.61 Å². The quantitative estimate of drug-likeness (QED) is 0.744. The number of benzene rings is 1. The van der Waals surface area contributed by atoms with Crippen LogP contribution >= 0.6 is 22.9 Å². The molecule has 24 heavy (non-hydrogen) atoms. The van der Waals surface area contributed by atoms with E-state index in [0.717, 1.165) is 30.1 Å². The second kappa shape index (κ2) is 6.33. The minimum absolute atomic E-state index is 0.0656. The average Bonchev–Trinajstić information content (AvgIpc) is 3.20. The Bertz CT molecular complexity index is 878. The van der Waals surface area contributed by atoms with E-state index in [9.17, 15) is 5.11 Å². The lowest BCUT2D eigenvalue weighted by Gasteiger charge is -2.32. The highest BCUT2D eigenvalue weighted by molar-refractivity contribution is 7.10. The molecule has 8 heteroatoms. The van der Waals surface area contributed by atoms with Gasteiger partial charge >= 0.3 is 0 Å². The molecule has 1 aliphatic rings. The van der Waals surface area contributed by atoms with Gasteiger partial charge in [0, 0.05) is 36.3 Å². The van der Waals surface area contributed by atoms with Crippen LogP contribution < -0.4 is 10.2 Å². The van der Waals surface area contributed by atoms with Gasteiger partial charge in [0.25, 0.3) is 6.01 Å². The van der Waals surface area contributed by atoms with Crippen molar-refractivity contribution in [1.29, 1.82) is 0 Å². The molecule has 2 N–H and O–H groups in total. The molecule has 126 valence electrons. The number of hydrogen-bond acceptors (Lipinski definition) is 7. The maximum Gasteiger partial charge on any atom is 0.298 e. The Morgan fingerprint density at radius 2 is 2.38 bits per heavy atom. The Hall–Kier alpha value is -1.67. The van der Waals surface area contributed by atoms with Gasteiger partial charge in [-0.05, 0) is 19.1 Å². The minimum atomic E-state index is -0.0656. The molecular formula is C16H17ClN4O2S. The Kier molecular flexibility index (Phi) is 4.17. The fourth-order valence-electron chi connectivity index (χ4n) is 3.01. The summed E-state index contributed by atoms with van der Waals surface area (Å²) in [5.41, 5.74) is 4.54. The number of aromatic nitrogens is 2. The number of rotatable bonds is 3. The van der Waals surface area contributed by atoms with E-state index in [1.165, 1.54) is 11.3 Å². The van der Waals surface area contributed by atoms with E-state index in [0.29, 0.717) is 33.9 Å². The van der Waals surface area contributed by atoms with Crippen LogP contribution in [0.25, 0.3) is 22.4 Å². The van der Waals surface area contributed by atoms with E-state index in [1.54, 1.807) is 11.6 Å². The second-order valence-corrected chi connectivity index (χ2v) is 7.20. The number of oxazole rings is 1. The summed E-state index contributed by atoms with van der Waals surface area (Å²) in [4.78, 5) is 11.9. The lowest BCUT2D eigenvalue weighted by Crippen LogP contribution is -2.50. The summed E-state index contributed by atoms with van der Waals surface area (Å²) in [5.74, 6) is 0. The van der Waals surface area contributed by atoms with Crippen molar-refractivity contribution < 1.29 is 9.52 Å². The SMILES string of the molecule is C[C@H]1CNCCN1c1nc2cc(Cl)cc(-c3ncsc3CO)c2o1. The molecule has 0 amide bonds. The van der Waals surface area contributed by atoms with Crippen LogP contribution in [0.15, 0.2) is 22.1 Å². The Balaban J connectivity index is 1.86. The topological polar surface area (TPSA) is 74.4 Å². The number of nitrogens with zero attached hydrogens (tertiary/aromatic N) is 3. The molecular weight excluding hydrogens is 348 g/mol. The highest BCUT2D eigenvalue weighted by Crippen LogP contribution is 2.36. The normalized spacial score (nSPS) is 18.5. The maximum absolute atomic E-state index is 9.53. The van der Waals surface area contributed by atoms with Crippen molar-refractivity contribution in [2.45, 2.75) is 19.6 Å². The predicted molar refractivity (Wildman–Crippen MR) is 95.7 cm³/mol. The van der Waals surface area contributed by atoms with Gasteiger partial charge in [0.15, 0.2) is 5.58 Å². The molecule has 1 fully saturated rings. The van der Waals surface area contributed by atoms with Crippen LogP contribution in [0.2, 0.25) is 5.02 Å². The first-order chi connectivity index (χ1) is 11.7. The molecule has 0 unspecified atom stereocenters. The number of fused-ring (bicyclic) bond motifs is 1. The smallest absolute Gasteiger partial charge is 0.298 e.